The van der Waals surface area contributed by atoms with Crippen LogP contribution in [-0.4, -0.2) is 39.2 Å². The van der Waals surface area contributed by atoms with Crippen molar-refractivity contribution >= 4 is 6.09 Å². The maximum Gasteiger partial charge on any atom is 0.407 e. The number of H-pyrrole nitrogens is 2. The van der Waals surface area contributed by atoms with E-state index in [-0.39, 0.29) is 25.1 Å². The van der Waals surface area contributed by atoms with Gasteiger partial charge in [-0.2, -0.15) is 0 Å². The number of benzene rings is 1. The summed E-state index contributed by atoms with van der Waals surface area (Å²) in [5, 5.41) is 26.4. The van der Waals surface area contributed by atoms with Crippen molar-refractivity contribution in [2.75, 3.05) is 6.54 Å². The Hall–Kier alpha value is -2.91. The van der Waals surface area contributed by atoms with Crippen molar-refractivity contribution in [3.05, 3.63) is 68.2 Å². The highest BCUT2D eigenvalue weighted by Crippen LogP contribution is 2.13. The summed E-state index contributed by atoms with van der Waals surface area (Å²) in [6.07, 6.45) is -3.58. The van der Waals surface area contributed by atoms with Gasteiger partial charge in [0.2, 0.25) is 0 Å². The highest BCUT2D eigenvalue weighted by atomic mass is 16.5. The van der Waals surface area contributed by atoms with Crippen molar-refractivity contribution in [3.63, 3.8) is 0 Å². The van der Waals surface area contributed by atoms with E-state index in [0.29, 0.717) is 0 Å². The second-order valence-corrected chi connectivity index (χ2v) is 5.33. The summed E-state index contributed by atoms with van der Waals surface area (Å²) in [5.74, 6) is 0. The van der Waals surface area contributed by atoms with E-state index in [1.165, 1.54) is 0 Å². The van der Waals surface area contributed by atoms with Crippen molar-refractivity contribution in [3.8, 4) is 0 Å². The topological polar surface area (TPSA) is 145 Å². The van der Waals surface area contributed by atoms with Crippen LogP contribution in [0.5, 0.6) is 0 Å². The van der Waals surface area contributed by atoms with E-state index in [2.05, 4.69) is 15.5 Å². The van der Waals surface area contributed by atoms with Crippen LogP contribution in [0.4, 0.5) is 4.79 Å². The van der Waals surface area contributed by atoms with Crippen molar-refractivity contribution < 1.29 is 19.7 Å². The molecule has 0 bridgehead atoms. The molecule has 0 aliphatic rings. The van der Waals surface area contributed by atoms with Crippen molar-refractivity contribution in [2.45, 2.75) is 25.2 Å². The number of ether oxygens (including phenoxy) is 1. The third-order valence-corrected chi connectivity index (χ3v) is 3.45. The van der Waals surface area contributed by atoms with Crippen LogP contribution in [0.3, 0.4) is 0 Å². The minimum absolute atomic E-state index is 0.0208. The van der Waals surface area contributed by atoms with Gasteiger partial charge in [0, 0.05) is 12.6 Å². The Morgan fingerprint density at radius 2 is 1.88 bits per heavy atom. The Bertz CT molecular complexity index is 801. The van der Waals surface area contributed by atoms with Gasteiger partial charge in [-0.05, 0) is 12.0 Å². The van der Waals surface area contributed by atoms with Crippen LogP contribution >= 0.6 is 0 Å². The quantitative estimate of drug-likeness (QED) is 0.467. The van der Waals surface area contributed by atoms with Gasteiger partial charge in [0.25, 0.3) is 11.1 Å². The van der Waals surface area contributed by atoms with Gasteiger partial charge < -0.3 is 20.3 Å². The fraction of sp³-hybridized carbons (Fsp3) is 0.312. The number of hydrogen-bond donors (Lipinski definition) is 5. The molecule has 2 rings (SSSR count). The highest BCUT2D eigenvalue weighted by molar-refractivity contribution is 5.67. The monoisotopic (exact) mass is 349 g/mol. The largest absolute Gasteiger partial charge is 0.445 e. The van der Waals surface area contributed by atoms with E-state index < -0.39 is 29.4 Å². The molecule has 9 nitrogen and oxygen atoms in total. The molecule has 2 unspecified atom stereocenters. The Balaban J connectivity index is 1.76. The van der Waals surface area contributed by atoms with E-state index in [0.717, 1.165) is 11.6 Å². The summed E-state index contributed by atoms with van der Waals surface area (Å²) < 4.78 is 5.00. The molecule has 0 fully saturated rings. The summed E-state index contributed by atoms with van der Waals surface area (Å²) in [6.45, 7) is 0.132. The summed E-state index contributed by atoms with van der Waals surface area (Å²) in [5.41, 5.74) is -0.727. The zero-order valence-corrected chi connectivity index (χ0v) is 13.3. The first kappa shape index (κ1) is 18.4. The van der Waals surface area contributed by atoms with Crippen LogP contribution in [0, 0.1) is 0 Å². The summed E-state index contributed by atoms with van der Waals surface area (Å²) >= 11 is 0. The number of hydrogen-bond acceptors (Lipinski definition) is 6. The second-order valence-electron chi connectivity index (χ2n) is 5.33. The predicted molar refractivity (Wildman–Crippen MR) is 87.9 cm³/mol. The lowest BCUT2D eigenvalue weighted by Gasteiger charge is -2.17. The minimum atomic E-state index is -1.55. The van der Waals surface area contributed by atoms with Crippen LogP contribution in [0.25, 0.3) is 0 Å². The standard InChI is InChI=1S/C16H19N3O6/c20-12(14(22)11-8-13(21)18-19-15(11)23)6-7-17-16(24)25-9-10-4-2-1-3-5-10/h1-5,8,12,14,20,22H,6-7,9H2,(H,17,24)(H,18,21)(H,19,23). The number of rotatable bonds is 7. The summed E-state index contributed by atoms with van der Waals surface area (Å²) in [7, 11) is 0. The molecule has 5 N–H and O–H groups in total. The Morgan fingerprint density at radius 3 is 2.60 bits per heavy atom. The first-order chi connectivity index (χ1) is 12.0. The molecule has 2 aromatic rings. The zero-order valence-electron chi connectivity index (χ0n) is 13.3. The van der Waals surface area contributed by atoms with Gasteiger partial charge in [-0.1, -0.05) is 30.3 Å². The Labute approximate surface area is 142 Å². The molecule has 25 heavy (non-hydrogen) atoms. The van der Waals surface area contributed by atoms with E-state index in [1.54, 1.807) is 0 Å². The number of amides is 1. The first-order valence-corrected chi connectivity index (χ1v) is 7.60. The van der Waals surface area contributed by atoms with Gasteiger partial charge in [-0.15, -0.1) is 0 Å². The molecule has 134 valence electrons. The van der Waals surface area contributed by atoms with E-state index >= 15 is 0 Å². The molecular formula is C16H19N3O6. The van der Waals surface area contributed by atoms with E-state index in [4.69, 9.17) is 4.74 Å². The normalized spacial score (nSPS) is 13.0. The third-order valence-electron chi connectivity index (χ3n) is 3.45. The molecule has 0 saturated carbocycles. The van der Waals surface area contributed by atoms with Crippen LogP contribution in [0.15, 0.2) is 46.0 Å². The molecule has 0 spiro atoms. The second kappa shape index (κ2) is 8.81. The predicted octanol–water partition coefficient (Wildman–Crippen LogP) is -0.226. The number of nitrogens with one attached hydrogen (secondary N) is 3. The maximum atomic E-state index is 11.6. The smallest absolute Gasteiger partial charge is 0.407 e. The number of aromatic nitrogens is 2. The fourth-order valence-electron chi connectivity index (χ4n) is 2.11. The highest BCUT2D eigenvalue weighted by Gasteiger charge is 2.21. The molecule has 1 aromatic heterocycles. The molecular weight excluding hydrogens is 330 g/mol. The lowest BCUT2D eigenvalue weighted by Crippen LogP contribution is -2.32. The zero-order chi connectivity index (χ0) is 18.2. The van der Waals surface area contributed by atoms with Gasteiger partial charge in [-0.25, -0.2) is 4.79 Å². The first-order valence-electron chi connectivity index (χ1n) is 7.60. The minimum Gasteiger partial charge on any atom is -0.445 e. The van der Waals surface area contributed by atoms with Gasteiger partial charge in [0.05, 0.1) is 11.7 Å². The number of aliphatic hydroxyl groups is 2. The third kappa shape index (κ3) is 5.59. The Kier molecular flexibility index (Phi) is 6.49. The van der Waals surface area contributed by atoms with E-state index in [1.807, 2.05) is 30.3 Å². The van der Waals surface area contributed by atoms with E-state index in [9.17, 15) is 24.6 Å². The summed E-state index contributed by atoms with van der Waals surface area (Å²) in [4.78, 5) is 34.3. The molecule has 9 heteroatoms. The number of aromatic amines is 2. The SMILES string of the molecule is O=C(NCCC(O)C(O)c1cc(=O)[nH][nH]c1=O)OCc1ccccc1. The number of aliphatic hydroxyl groups excluding tert-OH is 2. The lowest BCUT2D eigenvalue weighted by atomic mass is 10.0. The molecule has 0 aliphatic heterocycles. The maximum absolute atomic E-state index is 11.6. The van der Waals surface area contributed by atoms with Crippen LogP contribution < -0.4 is 16.4 Å². The molecule has 0 radical (unpaired) electrons. The number of alkyl carbamates (subject to hydrolysis) is 1. The fourth-order valence-corrected chi connectivity index (χ4v) is 2.11. The molecule has 0 aliphatic carbocycles. The van der Waals surface area contributed by atoms with Crippen molar-refractivity contribution in [1.82, 2.24) is 15.5 Å². The molecule has 1 heterocycles. The van der Waals surface area contributed by atoms with Crippen LogP contribution in [-0.2, 0) is 11.3 Å². The van der Waals surface area contributed by atoms with Crippen molar-refractivity contribution in [2.24, 2.45) is 0 Å². The van der Waals surface area contributed by atoms with Gasteiger partial charge in [-0.3, -0.25) is 19.8 Å². The lowest BCUT2D eigenvalue weighted by molar-refractivity contribution is 0.0126. The average molecular weight is 349 g/mol. The molecule has 0 saturated heterocycles. The van der Waals surface area contributed by atoms with Gasteiger partial charge in [0.15, 0.2) is 0 Å². The molecule has 1 aromatic carbocycles. The molecule has 1 amide bonds. The number of carbonyl (C=O) groups excluding carboxylic acids is 1. The van der Waals surface area contributed by atoms with Gasteiger partial charge in [0.1, 0.15) is 12.7 Å². The van der Waals surface area contributed by atoms with Crippen LogP contribution in [0.2, 0.25) is 0 Å². The van der Waals surface area contributed by atoms with Crippen molar-refractivity contribution in [1.29, 1.82) is 0 Å². The average Bonchev–Trinajstić information content (AvgIpc) is 2.62. The van der Waals surface area contributed by atoms with Crippen LogP contribution in [0.1, 0.15) is 23.7 Å². The number of carbonyl (C=O) groups is 1. The van der Waals surface area contributed by atoms with Gasteiger partial charge >= 0.3 is 6.09 Å². The molecule has 2 atom stereocenters. The Morgan fingerprint density at radius 1 is 1.16 bits per heavy atom. The summed E-state index contributed by atoms with van der Waals surface area (Å²) in [6, 6.07) is 10.0.